The Kier molecular flexibility index (Phi) is 3.94. The highest BCUT2D eigenvalue weighted by atomic mass is 79.9. The van der Waals surface area contributed by atoms with Gasteiger partial charge in [0.25, 0.3) is 0 Å². The summed E-state index contributed by atoms with van der Waals surface area (Å²) in [7, 11) is 1.34. The molecule has 1 heterocycles. The summed E-state index contributed by atoms with van der Waals surface area (Å²) in [6, 6.07) is 10.3. The molecule has 1 aromatic heterocycles. The summed E-state index contributed by atoms with van der Waals surface area (Å²) in [5, 5.41) is 0. The van der Waals surface area contributed by atoms with Crippen molar-refractivity contribution in [3.05, 3.63) is 52.8 Å². The summed E-state index contributed by atoms with van der Waals surface area (Å²) < 4.78 is 11.0. The number of methoxy groups -OCH3 is 1. The summed E-state index contributed by atoms with van der Waals surface area (Å²) >= 11 is 3.24. The lowest BCUT2D eigenvalue weighted by atomic mass is 10.2. The van der Waals surface area contributed by atoms with Crippen molar-refractivity contribution in [2.45, 2.75) is 0 Å². The van der Waals surface area contributed by atoms with Crippen LogP contribution in [0.5, 0.6) is 11.5 Å². The van der Waals surface area contributed by atoms with Gasteiger partial charge in [-0.15, -0.1) is 0 Å². The van der Waals surface area contributed by atoms with Crippen LogP contribution in [0.15, 0.2) is 47.2 Å². The molecule has 1 aromatic carbocycles. The molecule has 0 aliphatic rings. The number of carbonyl (C=O) groups excluding carboxylic acids is 1. The fourth-order valence-corrected chi connectivity index (χ4v) is 1.60. The van der Waals surface area contributed by atoms with Gasteiger partial charge in [-0.3, -0.25) is 0 Å². The van der Waals surface area contributed by atoms with Gasteiger partial charge in [-0.1, -0.05) is 6.07 Å². The molecule has 18 heavy (non-hydrogen) atoms. The zero-order chi connectivity index (χ0) is 13.0. The number of hydrogen-bond donors (Lipinski definition) is 0. The minimum absolute atomic E-state index is 0.394. The van der Waals surface area contributed by atoms with E-state index in [-0.39, 0.29) is 0 Å². The lowest BCUT2D eigenvalue weighted by Crippen LogP contribution is -2.00. The Bertz CT molecular complexity index is 554. The molecule has 0 radical (unpaired) electrons. The molecule has 5 heteroatoms. The van der Waals surface area contributed by atoms with Gasteiger partial charge in [-0.05, 0) is 46.3 Å². The van der Waals surface area contributed by atoms with Crippen molar-refractivity contribution >= 4 is 21.9 Å². The maximum atomic E-state index is 11.4. The average Bonchev–Trinajstić information content (AvgIpc) is 2.41. The second-order valence-electron chi connectivity index (χ2n) is 3.44. The molecular weight excluding hydrogens is 298 g/mol. The Morgan fingerprint density at radius 3 is 2.72 bits per heavy atom. The zero-order valence-electron chi connectivity index (χ0n) is 9.59. The van der Waals surface area contributed by atoms with Crippen LogP contribution >= 0.6 is 15.9 Å². The summed E-state index contributed by atoms with van der Waals surface area (Å²) in [6.07, 6.45) is 1.59. The number of ether oxygens (including phenoxy) is 2. The van der Waals surface area contributed by atoms with Gasteiger partial charge in [0.05, 0.1) is 18.9 Å². The predicted molar refractivity (Wildman–Crippen MR) is 69.8 cm³/mol. The molecule has 0 fully saturated rings. The molecule has 0 atom stereocenters. The normalized spacial score (nSPS) is 9.89. The number of pyridine rings is 1. The first-order valence-corrected chi connectivity index (χ1v) is 5.96. The van der Waals surface area contributed by atoms with Crippen LogP contribution in [-0.4, -0.2) is 18.1 Å². The number of nitrogens with zero attached hydrogens (tertiary/aromatic N) is 1. The molecule has 0 amide bonds. The average molecular weight is 308 g/mol. The van der Waals surface area contributed by atoms with Crippen molar-refractivity contribution in [1.82, 2.24) is 4.98 Å². The van der Waals surface area contributed by atoms with E-state index in [1.54, 1.807) is 42.6 Å². The Morgan fingerprint density at radius 2 is 2.06 bits per heavy atom. The van der Waals surface area contributed by atoms with Crippen LogP contribution in [-0.2, 0) is 4.74 Å². The fraction of sp³-hybridized carbons (Fsp3) is 0.0769. The van der Waals surface area contributed by atoms with Crippen LogP contribution in [0.25, 0.3) is 0 Å². The van der Waals surface area contributed by atoms with Crippen molar-refractivity contribution in [3.8, 4) is 11.5 Å². The molecule has 0 aliphatic carbocycles. The number of benzene rings is 1. The Hall–Kier alpha value is -1.88. The van der Waals surface area contributed by atoms with E-state index in [0.29, 0.717) is 17.1 Å². The number of rotatable bonds is 3. The van der Waals surface area contributed by atoms with Crippen molar-refractivity contribution in [2.24, 2.45) is 0 Å². The minimum atomic E-state index is -0.394. The predicted octanol–water partition coefficient (Wildman–Crippen LogP) is 3.42. The highest BCUT2D eigenvalue weighted by Crippen LogP contribution is 2.22. The van der Waals surface area contributed by atoms with E-state index in [4.69, 9.17) is 4.74 Å². The number of esters is 1. The van der Waals surface area contributed by atoms with E-state index >= 15 is 0 Å². The van der Waals surface area contributed by atoms with E-state index in [2.05, 4.69) is 25.7 Å². The van der Waals surface area contributed by atoms with Crippen molar-refractivity contribution in [2.75, 3.05) is 7.11 Å². The van der Waals surface area contributed by atoms with Crippen LogP contribution in [0.2, 0.25) is 0 Å². The Balaban J connectivity index is 2.19. The number of aromatic nitrogens is 1. The second-order valence-corrected chi connectivity index (χ2v) is 4.25. The summed E-state index contributed by atoms with van der Waals surface area (Å²) in [6.45, 7) is 0. The molecule has 0 saturated carbocycles. The first-order chi connectivity index (χ1) is 8.69. The molecular formula is C13H10BrNO3. The summed E-state index contributed by atoms with van der Waals surface area (Å²) in [5.41, 5.74) is 0.445. The van der Waals surface area contributed by atoms with Crippen molar-refractivity contribution in [1.29, 1.82) is 0 Å². The lowest BCUT2D eigenvalue weighted by molar-refractivity contribution is 0.0600. The first kappa shape index (κ1) is 12.6. The van der Waals surface area contributed by atoms with Gasteiger partial charge in [0.2, 0.25) is 0 Å². The second kappa shape index (κ2) is 5.64. The molecule has 0 N–H and O–H groups in total. The van der Waals surface area contributed by atoms with Gasteiger partial charge in [0, 0.05) is 0 Å². The number of carbonyl (C=O) groups is 1. The molecule has 4 nitrogen and oxygen atoms in total. The van der Waals surface area contributed by atoms with Gasteiger partial charge in [-0.25, -0.2) is 9.78 Å². The Morgan fingerprint density at radius 1 is 1.22 bits per heavy atom. The largest absolute Gasteiger partial charge is 0.465 e. The molecule has 2 rings (SSSR count). The monoisotopic (exact) mass is 307 g/mol. The summed E-state index contributed by atoms with van der Waals surface area (Å²) in [4.78, 5) is 15.4. The molecule has 0 spiro atoms. The molecule has 0 unspecified atom stereocenters. The van der Waals surface area contributed by atoms with E-state index in [0.717, 1.165) is 4.60 Å². The highest BCUT2D eigenvalue weighted by Gasteiger charge is 2.06. The van der Waals surface area contributed by atoms with E-state index in [1.165, 1.54) is 7.11 Å². The molecule has 92 valence electrons. The number of halogens is 1. The van der Waals surface area contributed by atoms with Crippen LogP contribution in [0.1, 0.15) is 10.4 Å². The van der Waals surface area contributed by atoms with Crippen LogP contribution in [0.4, 0.5) is 0 Å². The Labute approximate surface area is 113 Å². The van der Waals surface area contributed by atoms with Crippen LogP contribution in [0, 0.1) is 0 Å². The third kappa shape index (κ3) is 3.07. The first-order valence-electron chi connectivity index (χ1n) is 5.17. The fourth-order valence-electron chi connectivity index (χ4n) is 1.36. The molecule has 0 bridgehead atoms. The van der Waals surface area contributed by atoms with Gasteiger partial charge in [-0.2, -0.15) is 0 Å². The van der Waals surface area contributed by atoms with Gasteiger partial charge in [0.15, 0.2) is 0 Å². The van der Waals surface area contributed by atoms with Crippen molar-refractivity contribution < 1.29 is 14.3 Å². The van der Waals surface area contributed by atoms with Gasteiger partial charge < -0.3 is 9.47 Å². The third-order valence-electron chi connectivity index (χ3n) is 2.19. The smallest absolute Gasteiger partial charge is 0.337 e. The van der Waals surface area contributed by atoms with E-state index < -0.39 is 5.97 Å². The minimum Gasteiger partial charge on any atom is -0.465 e. The van der Waals surface area contributed by atoms with E-state index in [1.807, 2.05) is 0 Å². The number of hydrogen-bond acceptors (Lipinski definition) is 4. The van der Waals surface area contributed by atoms with Gasteiger partial charge in [0.1, 0.15) is 16.1 Å². The van der Waals surface area contributed by atoms with Crippen molar-refractivity contribution in [3.63, 3.8) is 0 Å². The van der Waals surface area contributed by atoms with E-state index in [9.17, 15) is 4.79 Å². The molecule has 0 saturated heterocycles. The maximum Gasteiger partial charge on any atom is 0.337 e. The third-order valence-corrected chi connectivity index (χ3v) is 2.66. The molecule has 2 aromatic rings. The maximum absolute atomic E-state index is 11.4. The van der Waals surface area contributed by atoms with Crippen LogP contribution < -0.4 is 4.74 Å². The summed E-state index contributed by atoms with van der Waals surface area (Å²) in [5.74, 6) is 0.761. The lowest BCUT2D eigenvalue weighted by Gasteiger charge is -2.06. The van der Waals surface area contributed by atoms with Gasteiger partial charge >= 0.3 is 5.97 Å². The van der Waals surface area contributed by atoms with Crippen LogP contribution in [0.3, 0.4) is 0 Å². The highest BCUT2D eigenvalue weighted by molar-refractivity contribution is 9.10. The topological polar surface area (TPSA) is 48.4 Å². The SMILES string of the molecule is COC(=O)c1cccc(Oc2ccc(Br)nc2)c1. The quantitative estimate of drug-likeness (QED) is 0.644. The zero-order valence-corrected chi connectivity index (χ0v) is 11.2. The standard InChI is InChI=1S/C13H10BrNO3/c1-17-13(16)9-3-2-4-10(7-9)18-11-5-6-12(14)15-8-11/h2-8H,1H3. The molecule has 0 aliphatic heterocycles.